The van der Waals surface area contributed by atoms with Crippen molar-refractivity contribution in [2.24, 2.45) is 0 Å². The summed E-state index contributed by atoms with van der Waals surface area (Å²) in [6.45, 7) is 3.03. The van der Waals surface area contributed by atoms with Gasteiger partial charge in [0.2, 0.25) is 0 Å². The number of fused-ring (bicyclic) bond motifs is 1. The van der Waals surface area contributed by atoms with Crippen LogP contribution in [-0.4, -0.2) is 43.0 Å². The van der Waals surface area contributed by atoms with Gasteiger partial charge in [-0.05, 0) is 71.3 Å². The maximum Gasteiger partial charge on any atom is 0.260 e. The first-order valence-corrected chi connectivity index (χ1v) is 11.1. The van der Waals surface area contributed by atoms with Gasteiger partial charge in [-0.2, -0.15) is 0 Å². The monoisotopic (exact) mass is 517 g/mol. The Morgan fingerprint density at radius 3 is 2.53 bits per heavy atom. The number of piperidine rings is 1. The number of ether oxygens (including phenoxy) is 1. The van der Waals surface area contributed by atoms with Gasteiger partial charge in [0, 0.05) is 53.3 Å². The van der Waals surface area contributed by atoms with E-state index < -0.39 is 5.91 Å². The fourth-order valence-corrected chi connectivity index (χ4v) is 4.36. The zero-order chi connectivity index (χ0) is 21.1. The molecular weight excluding hydrogens is 493 g/mol. The van der Waals surface area contributed by atoms with Crippen LogP contribution in [0.2, 0.25) is 0 Å². The predicted octanol–water partition coefficient (Wildman–Crippen LogP) is 3.63. The molecule has 2 aliphatic heterocycles. The second-order valence-electron chi connectivity index (χ2n) is 7.58. The summed E-state index contributed by atoms with van der Waals surface area (Å²) in [5.74, 6) is -0.750. The van der Waals surface area contributed by atoms with Crippen molar-refractivity contribution in [1.82, 2.24) is 10.2 Å². The van der Waals surface area contributed by atoms with Crippen LogP contribution in [0, 0.1) is 3.57 Å². The summed E-state index contributed by atoms with van der Waals surface area (Å²) in [6, 6.07) is 13.7. The van der Waals surface area contributed by atoms with Crippen LogP contribution in [0.5, 0.6) is 0 Å². The number of methoxy groups -OCH3 is 1. The Morgan fingerprint density at radius 2 is 1.83 bits per heavy atom. The molecule has 156 valence electrons. The minimum Gasteiger partial charge on any atom is -0.381 e. The first-order valence-electron chi connectivity index (χ1n) is 10.00. The van der Waals surface area contributed by atoms with Gasteiger partial charge in [-0.25, -0.2) is 0 Å². The molecule has 0 aliphatic carbocycles. The number of carbonyl (C=O) groups is 2. The molecule has 1 saturated heterocycles. The Hall–Kier alpha value is -2.23. The molecule has 2 amide bonds. The summed E-state index contributed by atoms with van der Waals surface area (Å²) < 4.78 is 6.41. The van der Waals surface area contributed by atoms with Crippen molar-refractivity contribution in [2.45, 2.75) is 25.5 Å². The lowest BCUT2D eigenvalue weighted by Gasteiger charge is -2.31. The number of halogens is 1. The minimum atomic E-state index is -0.391. The highest BCUT2D eigenvalue weighted by atomic mass is 127. The van der Waals surface area contributed by atoms with Crippen molar-refractivity contribution >= 4 is 45.7 Å². The number of hydrogen-bond donors (Lipinski definition) is 2. The van der Waals surface area contributed by atoms with Crippen LogP contribution in [-0.2, 0) is 16.1 Å². The van der Waals surface area contributed by atoms with Crippen LogP contribution >= 0.6 is 22.6 Å². The van der Waals surface area contributed by atoms with E-state index in [-0.39, 0.29) is 5.91 Å². The van der Waals surface area contributed by atoms with E-state index in [2.05, 4.69) is 50.3 Å². The SMILES string of the molecule is COC1CCN(Cc2ccc(N/C=C3\C(=O)NC(=O)c4ccc(I)cc43)cc2)CC1. The van der Waals surface area contributed by atoms with Crippen LogP contribution in [0.3, 0.4) is 0 Å². The van der Waals surface area contributed by atoms with Gasteiger partial charge in [0.15, 0.2) is 0 Å². The zero-order valence-electron chi connectivity index (χ0n) is 16.8. The minimum absolute atomic E-state index is 0.359. The third-order valence-electron chi connectivity index (χ3n) is 5.60. The molecule has 6 nitrogen and oxygen atoms in total. The molecule has 2 N–H and O–H groups in total. The number of benzene rings is 2. The summed E-state index contributed by atoms with van der Waals surface area (Å²) in [5.41, 5.74) is 3.76. The van der Waals surface area contributed by atoms with Gasteiger partial charge in [0.25, 0.3) is 11.8 Å². The first kappa shape index (κ1) is 21.0. The quantitative estimate of drug-likeness (QED) is 0.360. The molecule has 0 bridgehead atoms. The van der Waals surface area contributed by atoms with Gasteiger partial charge in [-0.3, -0.25) is 19.8 Å². The second kappa shape index (κ2) is 9.28. The summed E-state index contributed by atoms with van der Waals surface area (Å²) in [7, 11) is 1.79. The number of rotatable bonds is 5. The van der Waals surface area contributed by atoms with E-state index in [1.807, 2.05) is 24.3 Å². The average molecular weight is 517 g/mol. The third-order valence-corrected chi connectivity index (χ3v) is 6.27. The van der Waals surface area contributed by atoms with Gasteiger partial charge in [-0.1, -0.05) is 12.1 Å². The molecule has 4 rings (SSSR count). The number of likely N-dealkylation sites (tertiary alicyclic amines) is 1. The van der Waals surface area contributed by atoms with Crippen molar-refractivity contribution in [3.8, 4) is 0 Å². The number of anilines is 1. The zero-order valence-corrected chi connectivity index (χ0v) is 18.9. The van der Waals surface area contributed by atoms with Gasteiger partial charge in [0.05, 0.1) is 11.7 Å². The standard InChI is InChI=1S/C23H24IN3O3/c1-30-18-8-10-27(11-9-18)14-15-2-5-17(6-3-15)25-13-21-20-12-16(24)4-7-19(20)22(28)26-23(21)29/h2-7,12-13,18,25H,8-11,14H2,1H3,(H,26,28,29)/b21-13-. The maximum atomic E-state index is 12.4. The number of nitrogens with one attached hydrogen (secondary N) is 2. The molecule has 0 radical (unpaired) electrons. The molecule has 2 aromatic rings. The molecule has 0 saturated carbocycles. The number of amides is 2. The molecule has 2 aliphatic rings. The van der Waals surface area contributed by atoms with E-state index in [1.54, 1.807) is 19.4 Å². The highest BCUT2D eigenvalue weighted by Gasteiger charge is 2.27. The van der Waals surface area contributed by atoms with E-state index in [9.17, 15) is 9.59 Å². The highest BCUT2D eigenvalue weighted by Crippen LogP contribution is 2.26. The van der Waals surface area contributed by atoms with Crippen molar-refractivity contribution in [3.63, 3.8) is 0 Å². The Bertz CT molecular complexity index is 980. The summed E-state index contributed by atoms with van der Waals surface area (Å²) >= 11 is 2.18. The van der Waals surface area contributed by atoms with Crippen LogP contribution < -0.4 is 10.6 Å². The molecule has 0 spiro atoms. The Balaban J connectivity index is 1.43. The molecule has 0 aromatic heterocycles. The second-order valence-corrected chi connectivity index (χ2v) is 8.83. The van der Waals surface area contributed by atoms with Gasteiger partial charge in [-0.15, -0.1) is 0 Å². The van der Waals surface area contributed by atoms with Crippen molar-refractivity contribution in [3.05, 3.63) is 68.9 Å². The third kappa shape index (κ3) is 4.74. The van der Waals surface area contributed by atoms with E-state index in [1.165, 1.54) is 5.56 Å². The van der Waals surface area contributed by atoms with Crippen molar-refractivity contribution < 1.29 is 14.3 Å². The van der Waals surface area contributed by atoms with Gasteiger partial charge >= 0.3 is 0 Å². The Kier molecular flexibility index (Phi) is 6.50. The molecule has 30 heavy (non-hydrogen) atoms. The molecule has 2 heterocycles. The van der Waals surface area contributed by atoms with Crippen LogP contribution in [0.15, 0.2) is 48.7 Å². The maximum absolute atomic E-state index is 12.4. The van der Waals surface area contributed by atoms with Crippen LogP contribution in [0.25, 0.3) is 5.57 Å². The van der Waals surface area contributed by atoms with Crippen molar-refractivity contribution in [2.75, 3.05) is 25.5 Å². The lowest BCUT2D eigenvalue weighted by atomic mass is 9.95. The van der Waals surface area contributed by atoms with E-state index in [0.29, 0.717) is 22.8 Å². The smallest absolute Gasteiger partial charge is 0.260 e. The fraction of sp³-hybridized carbons (Fsp3) is 0.304. The molecule has 1 fully saturated rings. The highest BCUT2D eigenvalue weighted by molar-refractivity contribution is 14.1. The number of hydrogen-bond acceptors (Lipinski definition) is 5. The van der Waals surface area contributed by atoms with Crippen LogP contribution in [0.4, 0.5) is 5.69 Å². The average Bonchev–Trinajstić information content (AvgIpc) is 2.75. The van der Waals surface area contributed by atoms with E-state index in [0.717, 1.165) is 41.7 Å². The Labute approximate surface area is 189 Å². The molecule has 0 atom stereocenters. The van der Waals surface area contributed by atoms with E-state index in [4.69, 9.17) is 4.74 Å². The molecule has 2 aromatic carbocycles. The fourth-order valence-electron chi connectivity index (χ4n) is 3.86. The van der Waals surface area contributed by atoms with Gasteiger partial charge < -0.3 is 10.1 Å². The molecule has 0 unspecified atom stereocenters. The topological polar surface area (TPSA) is 70.7 Å². The summed E-state index contributed by atoms with van der Waals surface area (Å²) in [4.78, 5) is 26.9. The summed E-state index contributed by atoms with van der Waals surface area (Å²) in [5, 5.41) is 5.60. The summed E-state index contributed by atoms with van der Waals surface area (Å²) in [6.07, 6.45) is 4.21. The van der Waals surface area contributed by atoms with Crippen molar-refractivity contribution in [1.29, 1.82) is 0 Å². The predicted molar refractivity (Wildman–Crippen MR) is 125 cm³/mol. The largest absolute Gasteiger partial charge is 0.381 e. The normalized spacial score (nSPS) is 18.9. The number of imide groups is 1. The number of nitrogens with zero attached hydrogens (tertiary/aromatic N) is 1. The number of carbonyl (C=O) groups excluding carboxylic acids is 2. The lowest BCUT2D eigenvalue weighted by Crippen LogP contribution is -2.36. The van der Waals surface area contributed by atoms with Crippen LogP contribution in [0.1, 0.15) is 34.3 Å². The lowest BCUT2D eigenvalue weighted by molar-refractivity contribution is -0.114. The molecule has 7 heteroatoms. The first-order chi connectivity index (χ1) is 14.5. The van der Waals surface area contributed by atoms with Gasteiger partial charge in [0.1, 0.15) is 0 Å². The van der Waals surface area contributed by atoms with E-state index >= 15 is 0 Å². The molecular formula is C23H24IN3O3. The Morgan fingerprint density at radius 1 is 1.10 bits per heavy atom.